The van der Waals surface area contributed by atoms with E-state index in [-0.39, 0.29) is 6.04 Å². The maximum Gasteiger partial charge on any atom is 0.0760 e. The van der Waals surface area contributed by atoms with Gasteiger partial charge >= 0.3 is 0 Å². The Hall–Kier alpha value is -0.650. The van der Waals surface area contributed by atoms with Gasteiger partial charge in [0.1, 0.15) is 0 Å². The standard InChI is InChI=1S/C16H21Br2N3/c1-4-8-19-15(12-6-5-7-13(17)9-12)16-14(18)10-20-21(16)11(2)3/h5-7,9-11,15,19H,4,8H2,1-3H3. The second kappa shape index (κ2) is 7.56. The van der Waals surface area contributed by atoms with Gasteiger partial charge in [-0.05, 0) is 60.4 Å². The lowest BCUT2D eigenvalue weighted by Gasteiger charge is -2.23. The Morgan fingerprint density at radius 1 is 1.29 bits per heavy atom. The monoisotopic (exact) mass is 413 g/mol. The molecule has 2 rings (SSSR count). The molecule has 0 aliphatic rings. The Morgan fingerprint density at radius 3 is 2.67 bits per heavy atom. The third-order valence-electron chi connectivity index (χ3n) is 3.33. The zero-order chi connectivity index (χ0) is 15.4. The van der Waals surface area contributed by atoms with Crippen LogP contribution in [0.2, 0.25) is 0 Å². The van der Waals surface area contributed by atoms with E-state index in [4.69, 9.17) is 0 Å². The van der Waals surface area contributed by atoms with Gasteiger partial charge in [0.25, 0.3) is 0 Å². The van der Waals surface area contributed by atoms with Crippen molar-refractivity contribution in [1.29, 1.82) is 0 Å². The van der Waals surface area contributed by atoms with Crippen LogP contribution in [0.4, 0.5) is 0 Å². The average Bonchev–Trinajstić information content (AvgIpc) is 2.82. The van der Waals surface area contributed by atoms with E-state index in [0.29, 0.717) is 6.04 Å². The molecule has 1 unspecified atom stereocenters. The minimum absolute atomic E-state index is 0.127. The number of aromatic nitrogens is 2. The maximum atomic E-state index is 4.51. The van der Waals surface area contributed by atoms with Crippen LogP contribution in [0, 0.1) is 0 Å². The number of nitrogens with one attached hydrogen (secondary N) is 1. The lowest BCUT2D eigenvalue weighted by Crippen LogP contribution is -2.26. The Morgan fingerprint density at radius 2 is 2.05 bits per heavy atom. The third kappa shape index (κ3) is 3.96. The van der Waals surface area contributed by atoms with Crippen molar-refractivity contribution in [2.24, 2.45) is 0 Å². The van der Waals surface area contributed by atoms with Crippen LogP contribution in [0.25, 0.3) is 0 Å². The molecule has 2 aromatic rings. The highest BCUT2D eigenvalue weighted by atomic mass is 79.9. The van der Waals surface area contributed by atoms with Gasteiger partial charge in [0.15, 0.2) is 0 Å². The van der Waals surface area contributed by atoms with Crippen molar-refractivity contribution in [2.45, 2.75) is 39.3 Å². The SMILES string of the molecule is CCCNC(c1cccc(Br)c1)c1c(Br)cnn1C(C)C. The molecule has 1 N–H and O–H groups in total. The predicted molar refractivity (Wildman–Crippen MR) is 94.6 cm³/mol. The van der Waals surface area contributed by atoms with E-state index in [1.54, 1.807) is 0 Å². The molecule has 0 saturated heterocycles. The summed E-state index contributed by atoms with van der Waals surface area (Å²) in [5.41, 5.74) is 2.41. The molecule has 1 aromatic heterocycles. The second-order valence-electron chi connectivity index (χ2n) is 5.36. The lowest BCUT2D eigenvalue weighted by molar-refractivity contribution is 0.470. The summed E-state index contributed by atoms with van der Waals surface area (Å²) >= 11 is 7.22. The minimum atomic E-state index is 0.127. The highest BCUT2D eigenvalue weighted by molar-refractivity contribution is 9.10. The van der Waals surface area contributed by atoms with Gasteiger partial charge in [-0.25, -0.2) is 0 Å². The molecule has 1 heterocycles. The first-order valence-electron chi connectivity index (χ1n) is 7.26. The summed E-state index contributed by atoms with van der Waals surface area (Å²) in [6.07, 6.45) is 2.98. The number of rotatable bonds is 6. The van der Waals surface area contributed by atoms with E-state index < -0.39 is 0 Å². The molecule has 3 nitrogen and oxygen atoms in total. The molecule has 0 fully saturated rings. The molecule has 0 aliphatic carbocycles. The first-order chi connectivity index (χ1) is 10.0. The Balaban J connectivity index is 2.48. The van der Waals surface area contributed by atoms with Gasteiger partial charge in [0.05, 0.1) is 22.4 Å². The average molecular weight is 415 g/mol. The molecule has 1 aromatic carbocycles. The van der Waals surface area contributed by atoms with Gasteiger partial charge < -0.3 is 5.32 Å². The van der Waals surface area contributed by atoms with Crippen molar-refractivity contribution >= 4 is 31.9 Å². The molecule has 5 heteroatoms. The highest BCUT2D eigenvalue weighted by Gasteiger charge is 2.22. The van der Waals surface area contributed by atoms with Crippen molar-refractivity contribution in [3.63, 3.8) is 0 Å². The van der Waals surface area contributed by atoms with Crippen LogP contribution in [-0.2, 0) is 0 Å². The zero-order valence-corrected chi connectivity index (χ0v) is 15.8. The number of hydrogen-bond acceptors (Lipinski definition) is 2. The third-order valence-corrected chi connectivity index (χ3v) is 4.43. The molecular weight excluding hydrogens is 394 g/mol. The minimum Gasteiger partial charge on any atom is -0.305 e. The largest absolute Gasteiger partial charge is 0.305 e. The lowest BCUT2D eigenvalue weighted by atomic mass is 10.0. The van der Waals surface area contributed by atoms with Crippen LogP contribution in [0.3, 0.4) is 0 Å². The summed E-state index contributed by atoms with van der Waals surface area (Å²) in [5, 5.41) is 8.15. The summed E-state index contributed by atoms with van der Waals surface area (Å²) in [4.78, 5) is 0. The molecule has 0 bridgehead atoms. The smallest absolute Gasteiger partial charge is 0.0760 e. The number of halogens is 2. The molecule has 0 saturated carbocycles. The van der Waals surface area contributed by atoms with Crippen molar-refractivity contribution in [3.05, 3.63) is 50.7 Å². The van der Waals surface area contributed by atoms with Crippen LogP contribution in [-0.4, -0.2) is 16.3 Å². The first kappa shape index (κ1) is 16.7. The zero-order valence-electron chi connectivity index (χ0n) is 12.6. The number of benzene rings is 1. The summed E-state index contributed by atoms with van der Waals surface area (Å²) in [7, 11) is 0. The van der Waals surface area contributed by atoms with Gasteiger partial charge in [-0.3, -0.25) is 4.68 Å². The second-order valence-corrected chi connectivity index (χ2v) is 7.13. The van der Waals surface area contributed by atoms with E-state index in [2.05, 4.69) is 92.0 Å². The van der Waals surface area contributed by atoms with Gasteiger partial charge in [-0.2, -0.15) is 5.10 Å². The van der Waals surface area contributed by atoms with E-state index in [0.717, 1.165) is 21.9 Å². The summed E-state index contributed by atoms with van der Waals surface area (Å²) in [6.45, 7) is 7.45. The fraction of sp³-hybridized carbons (Fsp3) is 0.438. The van der Waals surface area contributed by atoms with Gasteiger partial charge in [-0.1, -0.05) is 35.0 Å². The van der Waals surface area contributed by atoms with Crippen molar-refractivity contribution in [1.82, 2.24) is 15.1 Å². The summed E-state index contributed by atoms with van der Waals surface area (Å²) < 4.78 is 4.22. The van der Waals surface area contributed by atoms with E-state index in [1.165, 1.54) is 11.3 Å². The van der Waals surface area contributed by atoms with E-state index in [1.807, 2.05) is 6.20 Å². The van der Waals surface area contributed by atoms with E-state index >= 15 is 0 Å². The summed E-state index contributed by atoms with van der Waals surface area (Å²) in [6, 6.07) is 8.89. The molecule has 0 amide bonds. The molecule has 0 aliphatic heterocycles. The van der Waals surface area contributed by atoms with Crippen LogP contribution in [0.1, 0.15) is 50.5 Å². The predicted octanol–water partition coefficient (Wildman–Crippen LogP) is 5.08. The molecule has 0 radical (unpaired) electrons. The fourth-order valence-corrected chi connectivity index (χ4v) is 3.30. The molecule has 1 atom stereocenters. The fourth-order valence-electron chi connectivity index (χ4n) is 2.38. The van der Waals surface area contributed by atoms with Crippen LogP contribution in [0.5, 0.6) is 0 Å². The van der Waals surface area contributed by atoms with Crippen molar-refractivity contribution in [2.75, 3.05) is 6.54 Å². The van der Waals surface area contributed by atoms with Gasteiger partial charge in [-0.15, -0.1) is 0 Å². The van der Waals surface area contributed by atoms with Gasteiger partial charge in [0, 0.05) is 10.5 Å². The molecule has 0 spiro atoms. The Bertz CT molecular complexity index is 593. The summed E-state index contributed by atoms with van der Waals surface area (Å²) in [5.74, 6) is 0. The highest BCUT2D eigenvalue weighted by Crippen LogP contribution is 2.31. The normalized spacial score (nSPS) is 12.9. The van der Waals surface area contributed by atoms with Crippen LogP contribution in [0.15, 0.2) is 39.4 Å². The quantitative estimate of drug-likeness (QED) is 0.714. The maximum absolute atomic E-state index is 4.51. The van der Waals surface area contributed by atoms with E-state index in [9.17, 15) is 0 Å². The number of nitrogens with zero attached hydrogens (tertiary/aromatic N) is 2. The van der Waals surface area contributed by atoms with Crippen molar-refractivity contribution < 1.29 is 0 Å². The topological polar surface area (TPSA) is 29.9 Å². The molecular formula is C16H21Br2N3. The number of hydrogen-bond donors (Lipinski definition) is 1. The van der Waals surface area contributed by atoms with Crippen LogP contribution >= 0.6 is 31.9 Å². The Labute approximate surface area is 143 Å². The molecule has 21 heavy (non-hydrogen) atoms. The van der Waals surface area contributed by atoms with Crippen LogP contribution < -0.4 is 5.32 Å². The van der Waals surface area contributed by atoms with Gasteiger partial charge in [0.2, 0.25) is 0 Å². The first-order valence-corrected chi connectivity index (χ1v) is 8.85. The Kier molecular flexibility index (Phi) is 6.02. The molecule has 114 valence electrons. The van der Waals surface area contributed by atoms with Crippen molar-refractivity contribution in [3.8, 4) is 0 Å².